The number of nitrogen functional groups attached to an aromatic ring is 1. The fourth-order valence-electron chi connectivity index (χ4n) is 1.05. The first-order valence-corrected chi connectivity index (χ1v) is 3.90. The molecule has 1 rings (SSSR count). The van der Waals surface area contributed by atoms with E-state index in [0.29, 0.717) is 6.07 Å². The van der Waals surface area contributed by atoms with Crippen LogP contribution in [0.1, 0.15) is 10.4 Å². The van der Waals surface area contributed by atoms with Gasteiger partial charge in [-0.3, -0.25) is 4.79 Å². The van der Waals surface area contributed by atoms with Crippen molar-refractivity contribution in [1.29, 1.82) is 0 Å². The first-order valence-electron chi connectivity index (χ1n) is 3.90. The van der Waals surface area contributed by atoms with Crippen molar-refractivity contribution in [2.45, 2.75) is 0 Å². The molecule has 78 valence electrons. The maximum atomic E-state index is 13.4. The van der Waals surface area contributed by atoms with Gasteiger partial charge in [0.2, 0.25) is 5.69 Å². The molecule has 0 spiro atoms. The van der Waals surface area contributed by atoms with E-state index in [4.69, 9.17) is 12.3 Å². The molecule has 0 aromatic heterocycles. The van der Waals surface area contributed by atoms with Crippen LogP contribution in [0.3, 0.4) is 0 Å². The van der Waals surface area contributed by atoms with E-state index in [1.807, 2.05) is 0 Å². The van der Waals surface area contributed by atoms with Crippen molar-refractivity contribution < 1.29 is 13.6 Å². The molecule has 0 aliphatic rings. The summed E-state index contributed by atoms with van der Waals surface area (Å²) in [6.45, 7) is 6.58. The third-order valence-electron chi connectivity index (χ3n) is 1.81. The normalized spacial score (nSPS) is 9.47. The number of anilines is 1. The average Bonchev–Trinajstić information content (AvgIpc) is 2.23. The molecule has 1 aromatic rings. The first kappa shape index (κ1) is 10.9. The van der Waals surface area contributed by atoms with Crippen LogP contribution in [0.2, 0.25) is 0 Å². The van der Waals surface area contributed by atoms with Gasteiger partial charge in [0.25, 0.3) is 5.91 Å². The Morgan fingerprint density at radius 2 is 2.20 bits per heavy atom. The number of nitrogens with zero attached hydrogens (tertiary/aromatic N) is 1. The summed E-state index contributed by atoms with van der Waals surface area (Å²) in [6, 6.07) is 0.651. The summed E-state index contributed by atoms with van der Waals surface area (Å²) in [7, 11) is 1.28. The molecule has 0 saturated carbocycles. The highest BCUT2D eigenvalue weighted by Gasteiger charge is 2.19. The zero-order valence-electron chi connectivity index (χ0n) is 7.77. The van der Waals surface area contributed by atoms with Gasteiger partial charge in [-0.25, -0.2) is 13.6 Å². The molecule has 3 N–H and O–H groups in total. The van der Waals surface area contributed by atoms with E-state index in [1.54, 1.807) is 0 Å². The number of carbonyl (C=O) groups excluding carboxylic acids is 1. The molecular formula is C9H7F2N3O. The molecule has 6 heteroatoms. The first-order chi connectivity index (χ1) is 7.02. The monoisotopic (exact) mass is 211 g/mol. The third-order valence-corrected chi connectivity index (χ3v) is 1.81. The average molecular weight is 211 g/mol. The second-order valence-electron chi connectivity index (χ2n) is 2.67. The van der Waals surface area contributed by atoms with Crippen LogP contribution < -0.4 is 11.1 Å². The predicted octanol–water partition coefficient (Wildman–Crippen LogP) is 1.46. The molecule has 0 heterocycles. The number of benzene rings is 1. The van der Waals surface area contributed by atoms with Gasteiger partial charge < -0.3 is 11.1 Å². The van der Waals surface area contributed by atoms with Crippen LogP contribution >= 0.6 is 0 Å². The summed E-state index contributed by atoms with van der Waals surface area (Å²) in [6.07, 6.45) is 0. The van der Waals surface area contributed by atoms with Gasteiger partial charge in [-0.05, 0) is 6.07 Å². The fourth-order valence-corrected chi connectivity index (χ4v) is 1.05. The second-order valence-corrected chi connectivity index (χ2v) is 2.67. The highest BCUT2D eigenvalue weighted by Crippen LogP contribution is 2.30. The van der Waals surface area contributed by atoms with Crippen LogP contribution in [-0.4, -0.2) is 13.0 Å². The van der Waals surface area contributed by atoms with Crippen LogP contribution in [0.25, 0.3) is 4.85 Å². The van der Waals surface area contributed by atoms with Gasteiger partial charge in [0.1, 0.15) is 11.6 Å². The SMILES string of the molecule is [C-]#[N+]c1c(F)cc(C(=O)NC)c(F)c1N. The van der Waals surface area contributed by atoms with E-state index in [1.165, 1.54) is 7.05 Å². The number of nitrogens with one attached hydrogen (secondary N) is 1. The van der Waals surface area contributed by atoms with Crippen LogP contribution in [0.15, 0.2) is 6.07 Å². The molecule has 0 saturated heterocycles. The van der Waals surface area contributed by atoms with E-state index < -0.39 is 34.5 Å². The second kappa shape index (κ2) is 3.92. The van der Waals surface area contributed by atoms with Gasteiger partial charge in [0, 0.05) is 7.05 Å². The number of hydrogen-bond acceptors (Lipinski definition) is 2. The van der Waals surface area contributed by atoms with Gasteiger partial charge in [-0.2, -0.15) is 0 Å². The zero-order chi connectivity index (χ0) is 11.6. The molecule has 0 bridgehead atoms. The molecular weight excluding hydrogens is 204 g/mol. The molecule has 4 nitrogen and oxygen atoms in total. The van der Waals surface area contributed by atoms with Crippen molar-refractivity contribution in [3.63, 3.8) is 0 Å². The van der Waals surface area contributed by atoms with Gasteiger partial charge in [-0.15, -0.1) is 0 Å². The summed E-state index contributed by atoms with van der Waals surface area (Å²) in [5.74, 6) is -2.89. The smallest absolute Gasteiger partial charge is 0.254 e. The molecule has 0 unspecified atom stereocenters. The van der Waals surface area contributed by atoms with Gasteiger partial charge in [-0.1, -0.05) is 0 Å². The lowest BCUT2D eigenvalue weighted by Crippen LogP contribution is -2.20. The Labute approximate surface area is 84.5 Å². The van der Waals surface area contributed by atoms with Crippen LogP contribution in [0.5, 0.6) is 0 Å². The maximum absolute atomic E-state index is 13.4. The summed E-state index contributed by atoms with van der Waals surface area (Å²) < 4.78 is 26.5. The van der Waals surface area contributed by atoms with Crippen molar-refractivity contribution >= 4 is 17.3 Å². The van der Waals surface area contributed by atoms with E-state index in [-0.39, 0.29) is 0 Å². The predicted molar refractivity (Wildman–Crippen MR) is 50.4 cm³/mol. The largest absolute Gasteiger partial charge is 0.405 e. The van der Waals surface area contributed by atoms with E-state index in [0.717, 1.165) is 0 Å². The van der Waals surface area contributed by atoms with Gasteiger partial charge >= 0.3 is 0 Å². The Balaban J connectivity index is 3.49. The standard InChI is InChI=1S/C9H7F2N3O/c1-13-8-5(10)3-4(9(15)14-2)6(11)7(8)12/h3H,12H2,2H3,(H,14,15). The minimum Gasteiger partial charge on any atom is -0.405 e. The van der Waals surface area contributed by atoms with Gasteiger partial charge in [0.05, 0.1) is 17.8 Å². The Bertz CT molecular complexity index is 465. The minimum atomic E-state index is -1.08. The molecule has 15 heavy (non-hydrogen) atoms. The van der Waals surface area contributed by atoms with Crippen LogP contribution in [-0.2, 0) is 0 Å². The molecule has 0 atom stereocenters. The number of amides is 1. The molecule has 1 amide bonds. The number of rotatable bonds is 1. The number of carbonyl (C=O) groups is 1. The van der Waals surface area contributed by atoms with Crippen LogP contribution in [0.4, 0.5) is 20.2 Å². The van der Waals surface area contributed by atoms with Crippen LogP contribution in [0, 0.1) is 18.2 Å². The quantitative estimate of drug-likeness (QED) is 0.545. The molecule has 1 aromatic carbocycles. The highest BCUT2D eigenvalue weighted by molar-refractivity contribution is 5.96. The number of nitrogens with two attached hydrogens (primary N) is 1. The summed E-state index contributed by atoms with van der Waals surface area (Å²) >= 11 is 0. The lowest BCUT2D eigenvalue weighted by atomic mass is 10.1. The van der Waals surface area contributed by atoms with Crippen molar-refractivity contribution in [2.24, 2.45) is 0 Å². The van der Waals surface area contributed by atoms with Gasteiger partial charge in [0.15, 0.2) is 0 Å². The summed E-state index contributed by atoms with van der Waals surface area (Å²) in [4.78, 5) is 13.8. The number of halogens is 2. The molecule has 0 aliphatic carbocycles. The molecule has 0 aliphatic heterocycles. The Hall–Kier alpha value is -2.16. The topological polar surface area (TPSA) is 59.5 Å². The van der Waals surface area contributed by atoms with E-state index in [2.05, 4.69) is 10.2 Å². The van der Waals surface area contributed by atoms with Crippen molar-refractivity contribution in [3.05, 3.63) is 34.7 Å². The van der Waals surface area contributed by atoms with Crippen molar-refractivity contribution in [1.82, 2.24) is 5.32 Å². The number of hydrogen-bond donors (Lipinski definition) is 2. The maximum Gasteiger partial charge on any atom is 0.254 e. The van der Waals surface area contributed by atoms with E-state index >= 15 is 0 Å². The Morgan fingerprint density at radius 3 is 2.67 bits per heavy atom. The third kappa shape index (κ3) is 1.72. The lowest BCUT2D eigenvalue weighted by Gasteiger charge is -2.06. The lowest BCUT2D eigenvalue weighted by molar-refractivity contribution is 0.0959. The fraction of sp³-hybridized carbons (Fsp3) is 0.111. The summed E-state index contributed by atoms with van der Waals surface area (Å²) in [5, 5.41) is 2.14. The Morgan fingerprint density at radius 1 is 1.60 bits per heavy atom. The summed E-state index contributed by atoms with van der Waals surface area (Å²) in [5.41, 5.74) is 3.40. The minimum absolute atomic E-state index is 0.514. The molecule has 0 radical (unpaired) electrons. The van der Waals surface area contributed by atoms with Crippen molar-refractivity contribution in [3.8, 4) is 0 Å². The van der Waals surface area contributed by atoms with Crippen molar-refractivity contribution in [2.75, 3.05) is 12.8 Å². The Kier molecular flexibility index (Phi) is 2.85. The van der Waals surface area contributed by atoms with E-state index in [9.17, 15) is 13.6 Å². The molecule has 0 fully saturated rings. The highest BCUT2D eigenvalue weighted by atomic mass is 19.1. The zero-order valence-corrected chi connectivity index (χ0v) is 7.77.